The molecule has 0 aliphatic heterocycles. The molecule has 0 amide bonds. The zero-order valence-corrected chi connectivity index (χ0v) is 13.4. The molecule has 4 heteroatoms. The minimum absolute atomic E-state index is 0. The number of rotatable bonds is 4. The lowest BCUT2D eigenvalue weighted by Gasteiger charge is -2.19. The van der Waals surface area contributed by atoms with Crippen LogP contribution in [-0.4, -0.2) is 6.54 Å². The van der Waals surface area contributed by atoms with Gasteiger partial charge in [-0.25, -0.2) is 0 Å². The largest absolute Gasteiger partial charge is 0.330 e. The van der Waals surface area contributed by atoms with Crippen LogP contribution in [0.15, 0.2) is 48.5 Å². The molecular formula is C17H18Cl2N2. The molecule has 2 aromatic carbocycles. The Hall–Kier alpha value is -1.53. The van der Waals surface area contributed by atoms with Gasteiger partial charge in [-0.1, -0.05) is 54.9 Å². The summed E-state index contributed by atoms with van der Waals surface area (Å²) in [4.78, 5) is 0. The second-order valence-electron chi connectivity index (χ2n) is 4.91. The van der Waals surface area contributed by atoms with E-state index in [1.165, 1.54) is 0 Å². The fraction of sp³-hybridized carbons (Fsp3) is 0.235. The zero-order valence-electron chi connectivity index (χ0n) is 11.8. The molecule has 0 spiro atoms. The SMILES string of the molecule is CC(CN)C(C#N)c1ccccc1-c1ccc(Cl)cc1.Cl. The fourth-order valence-corrected chi connectivity index (χ4v) is 2.43. The maximum atomic E-state index is 9.47. The van der Waals surface area contributed by atoms with E-state index in [0.29, 0.717) is 11.6 Å². The lowest BCUT2D eigenvalue weighted by Crippen LogP contribution is -2.18. The summed E-state index contributed by atoms with van der Waals surface area (Å²) in [7, 11) is 0. The van der Waals surface area contributed by atoms with Crippen LogP contribution >= 0.6 is 24.0 Å². The number of benzene rings is 2. The summed E-state index contributed by atoms with van der Waals surface area (Å²) in [5.74, 6) is -0.0830. The Balaban J connectivity index is 0.00000220. The van der Waals surface area contributed by atoms with E-state index in [0.717, 1.165) is 16.7 Å². The lowest BCUT2D eigenvalue weighted by molar-refractivity contribution is 0.544. The predicted octanol–water partition coefficient (Wildman–Crippen LogP) is 4.63. The molecule has 0 radical (unpaired) electrons. The topological polar surface area (TPSA) is 49.8 Å². The van der Waals surface area contributed by atoms with Crippen LogP contribution in [0.4, 0.5) is 0 Å². The Morgan fingerprint density at radius 1 is 1.14 bits per heavy atom. The van der Waals surface area contributed by atoms with E-state index < -0.39 is 0 Å². The van der Waals surface area contributed by atoms with E-state index in [9.17, 15) is 5.26 Å². The standard InChI is InChI=1S/C17H17ClN2.ClH/c1-12(10-19)17(11-20)16-5-3-2-4-15(16)13-6-8-14(18)9-7-13;/h2-9,12,17H,10,19H2,1H3;1H. The Labute approximate surface area is 137 Å². The molecule has 0 heterocycles. The van der Waals surface area contributed by atoms with Crippen LogP contribution in [0.2, 0.25) is 5.02 Å². The third kappa shape index (κ3) is 3.98. The highest BCUT2D eigenvalue weighted by molar-refractivity contribution is 6.30. The van der Waals surface area contributed by atoms with Gasteiger partial charge < -0.3 is 5.73 Å². The van der Waals surface area contributed by atoms with Gasteiger partial charge in [-0.05, 0) is 41.3 Å². The van der Waals surface area contributed by atoms with Crippen molar-refractivity contribution in [2.24, 2.45) is 11.7 Å². The van der Waals surface area contributed by atoms with Crippen molar-refractivity contribution in [3.63, 3.8) is 0 Å². The van der Waals surface area contributed by atoms with Crippen LogP contribution in [-0.2, 0) is 0 Å². The van der Waals surface area contributed by atoms with Crippen LogP contribution in [0, 0.1) is 17.2 Å². The van der Waals surface area contributed by atoms with Crippen LogP contribution in [0.25, 0.3) is 11.1 Å². The van der Waals surface area contributed by atoms with E-state index in [4.69, 9.17) is 17.3 Å². The van der Waals surface area contributed by atoms with Gasteiger partial charge in [0.2, 0.25) is 0 Å². The van der Waals surface area contributed by atoms with Crippen molar-refractivity contribution in [1.82, 2.24) is 0 Å². The zero-order chi connectivity index (χ0) is 14.5. The molecule has 0 bridgehead atoms. The van der Waals surface area contributed by atoms with Crippen LogP contribution in [0.5, 0.6) is 0 Å². The molecule has 2 atom stereocenters. The highest BCUT2D eigenvalue weighted by Gasteiger charge is 2.20. The number of nitriles is 1. The Morgan fingerprint density at radius 2 is 1.76 bits per heavy atom. The van der Waals surface area contributed by atoms with Crippen LogP contribution < -0.4 is 5.73 Å². The van der Waals surface area contributed by atoms with Crippen molar-refractivity contribution >= 4 is 24.0 Å². The highest BCUT2D eigenvalue weighted by atomic mass is 35.5. The first kappa shape index (κ1) is 17.5. The van der Waals surface area contributed by atoms with E-state index >= 15 is 0 Å². The average Bonchev–Trinajstić information content (AvgIpc) is 2.49. The molecule has 0 fully saturated rings. The minimum atomic E-state index is -0.202. The van der Waals surface area contributed by atoms with E-state index in [2.05, 4.69) is 6.07 Å². The Bertz CT molecular complexity index is 617. The Kier molecular flexibility index (Phi) is 6.71. The second-order valence-corrected chi connectivity index (χ2v) is 5.35. The van der Waals surface area contributed by atoms with Crippen LogP contribution in [0.3, 0.4) is 0 Å². The summed E-state index contributed by atoms with van der Waals surface area (Å²) in [5, 5.41) is 10.2. The first-order valence-electron chi connectivity index (χ1n) is 6.62. The summed E-state index contributed by atoms with van der Waals surface area (Å²) < 4.78 is 0. The molecule has 2 nitrogen and oxygen atoms in total. The summed E-state index contributed by atoms with van der Waals surface area (Å²) >= 11 is 5.93. The molecule has 0 aliphatic rings. The summed E-state index contributed by atoms with van der Waals surface area (Å²) in [6, 6.07) is 18.0. The van der Waals surface area contributed by atoms with Gasteiger partial charge >= 0.3 is 0 Å². The molecule has 110 valence electrons. The summed E-state index contributed by atoms with van der Waals surface area (Å²) in [5.41, 5.74) is 8.88. The third-order valence-corrected chi connectivity index (χ3v) is 3.78. The van der Waals surface area contributed by atoms with Crippen molar-refractivity contribution in [1.29, 1.82) is 5.26 Å². The molecule has 2 rings (SSSR count). The summed E-state index contributed by atoms with van der Waals surface area (Å²) in [6.45, 7) is 2.50. The van der Waals surface area contributed by atoms with Gasteiger partial charge in [0.25, 0.3) is 0 Å². The van der Waals surface area contributed by atoms with E-state index in [1.807, 2.05) is 55.5 Å². The number of hydrogen-bond donors (Lipinski definition) is 1. The van der Waals surface area contributed by atoms with Crippen LogP contribution in [0.1, 0.15) is 18.4 Å². The average molecular weight is 321 g/mol. The molecule has 0 aliphatic carbocycles. The van der Waals surface area contributed by atoms with Crippen molar-refractivity contribution in [3.05, 3.63) is 59.1 Å². The summed E-state index contributed by atoms with van der Waals surface area (Å²) in [6.07, 6.45) is 0. The number of halogens is 2. The minimum Gasteiger partial charge on any atom is -0.330 e. The third-order valence-electron chi connectivity index (χ3n) is 3.53. The van der Waals surface area contributed by atoms with Gasteiger partial charge in [0.1, 0.15) is 0 Å². The van der Waals surface area contributed by atoms with Gasteiger partial charge in [-0.3, -0.25) is 0 Å². The lowest BCUT2D eigenvalue weighted by atomic mass is 9.84. The van der Waals surface area contributed by atoms with E-state index in [1.54, 1.807) is 0 Å². The normalized spacial score (nSPS) is 12.9. The van der Waals surface area contributed by atoms with Crippen molar-refractivity contribution in [2.75, 3.05) is 6.54 Å². The quantitative estimate of drug-likeness (QED) is 0.892. The smallest absolute Gasteiger partial charge is 0.0756 e. The molecule has 2 unspecified atom stereocenters. The molecule has 0 saturated heterocycles. The van der Waals surface area contributed by atoms with Crippen molar-refractivity contribution < 1.29 is 0 Å². The fourth-order valence-electron chi connectivity index (χ4n) is 2.30. The Morgan fingerprint density at radius 3 is 2.33 bits per heavy atom. The molecular weight excluding hydrogens is 303 g/mol. The maximum absolute atomic E-state index is 9.47. The van der Waals surface area contributed by atoms with Gasteiger partial charge in [-0.2, -0.15) is 5.26 Å². The molecule has 0 saturated carbocycles. The first-order valence-corrected chi connectivity index (χ1v) is 6.99. The molecule has 2 aromatic rings. The molecule has 21 heavy (non-hydrogen) atoms. The van der Waals surface area contributed by atoms with E-state index in [-0.39, 0.29) is 24.2 Å². The van der Waals surface area contributed by atoms with Gasteiger partial charge in [-0.15, -0.1) is 12.4 Å². The highest BCUT2D eigenvalue weighted by Crippen LogP contribution is 2.33. The van der Waals surface area contributed by atoms with Gasteiger partial charge in [0, 0.05) is 5.02 Å². The number of nitrogens with zero attached hydrogens (tertiary/aromatic N) is 1. The maximum Gasteiger partial charge on any atom is 0.0756 e. The predicted molar refractivity (Wildman–Crippen MR) is 90.7 cm³/mol. The molecule has 2 N–H and O–H groups in total. The molecule has 0 aromatic heterocycles. The van der Waals surface area contributed by atoms with Crippen molar-refractivity contribution in [2.45, 2.75) is 12.8 Å². The second kappa shape index (κ2) is 8.05. The van der Waals surface area contributed by atoms with Crippen molar-refractivity contribution in [3.8, 4) is 17.2 Å². The number of hydrogen-bond acceptors (Lipinski definition) is 2. The number of nitrogens with two attached hydrogens (primary N) is 1. The first-order chi connectivity index (χ1) is 9.67. The van der Waals surface area contributed by atoms with Gasteiger partial charge in [0.15, 0.2) is 0 Å². The monoisotopic (exact) mass is 320 g/mol. The van der Waals surface area contributed by atoms with Gasteiger partial charge in [0.05, 0.1) is 12.0 Å².